The number of amides is 1. The van der Waals surface area contributed by atoms with Gasteiger partial charge in [-0.3, -0.25) is 4.79 Å². The molecule has 4 nitrogen and oxygen atoms in total. The molecule has 1 unspecified atom stereocenters. The van der Waals surface area contributed by atoms with Gasteiger partial charge in [0.05, 0.1) is 18.2 Å². The van der Waals surface area contributed by atoms with Gasteiger partial charge in [0.25, 0.3) is 5.91 Å². The fourth-order valence-corrected chi connectivity index (χ4v) is 4.76. The number of aryl methyl sites for hydroxylation is 1. The molecule has 1 fully saturated rings. The number of hydrogen-bond donors (Lipinski definition) is 2. The normalized spacial score (nSPS) is 24.4. The number of carbonyl (C=O) groups excluding carboxylic acids is 1. The van der Waals surface area contributed by atoms with Crippen LogP contribution in [0.4, 0.5) is 5.00 Å². The zero-order valence-electron chi connectivity index (χ0n) is 12.5. The number of likely N-dealkylation sites (tertiary alicyclic amines) is 1. The molecule has 1 aliphatic carbocycles. The van der Waals surface area contributed by atoms with E-state index in [0.717, 1.165) is 30.8 Å². The molecule has 2 N–H and O–H groups in total. The fourth-order valence-electron chi connectivity index (χ4n) is 3.50. The molecule has 0 aromatic carbocycles. The van der Waals surface area contributed by atoms with Crippen LogP contribution in [0.1, 0.15) is 48.6 Å². The molecule has 0 bridgehead atoms. The first-order chi connectivity index (χ1) is 10.2. The number of rotatable bonds is 3. The summed E-state index contributed by atoms with van der Waals surface area (Å²) in [5.41, 5.74) is 1.89. The summed E-state index contributed by atoms with van der Waals surface area (Å²) in [5.74, 6) is 0.0511. The van der Waals surface area contributed by atoms with Crippen LogP contribution in [0.3, 0.4) is 0 Å². The van der Waals surface area contributed by atoms with Crippen LogP contribution >= 0.6 is 11.3 Å². The van der Waals surface area contributed by atoms with E-state index in [9.17, 15) is 10.1 Å². The Labute approximate surface area is 129 Å². The Morgan fingerprint density at radius 1 is 1.43 bits per heavy atom. The van der Waals surface area contributed by atoms with Crippen molar-refractivity contribution in [3.63, 3.8) is 0 Å². The number of thiophene rings is 1. The number of nitrogens with zero attached hydrogens (tertiary/aromatic N) is 1. The van der Waals surface area contributed by atoms with Crippen molar-refractivity contribution in [2.24, 2.45) is 0 Å². The largest absolute Gasteiger partial charge is 0.325 e. The molecule has 5 heteroatoms. The highest BCUT2D eigenvalue weighted by atomic mass is 32.1. The quantitative estimate of drug-likeness (QED) is 0.889. The van der Waals surface area contributed by atoms with E-state index >= 15 is 0 Å². The van der Waals surface area contributed by atoms with Gasteiger partial charge >= 0.3 is 0 Å². The maximum Gasteiger partial charge on any atom is 0.280 e. The van der Waals surface area contributed by atoms with Crippen molar-refractivity contribution in [1.82, 2.24) is 0 Å². The van der Waals surface area contributed by atoms with E-state index in [2.05, 4.69) is 18.3 Å². The SMILES string of the molecule is C[C@@H]1CCCC[NH+]1CC(=O)Nc1sc2c(c1C#N)CCC2. The van der Waals surface area contributed by atoms with Gasteiger partial charge in [0.1, 0.15) is 11.1 Å². The van der Waals surface area contributed by atoms with Gasteiger partial charge in [0.2, 0.25) is 0 Å². The molecule has 1 aliphatic heterocycles. The van der Waals surface area contributed by atoms with Crippen molar-refractivity contribution < 1.29 is 9.69 Å². The summed E-state index contributed by atoms with van der Waals surface area (Å²) < 4.78 is 0. The maximum absolute atomic E-state index is 12.3. The smallest absolute Gasteiger partial charge is 0.280 e. The zero-order valence-corrected chi connectivity index (χ0v) is 13.3. The van der Waals surface area contributed by atoms with Gasteiger partial charge in [-0.15, -0.1) is 11.3 Å². The van der Waals surface area contributed by atoms with Gasteiger partial charge in [-0.25, -0.2) is 0 Å². The standard InChI is InChI=1S/C16H21N3OS/c1-11-5-2-3-8-19(11)10-15(20)18-16-13(9-17)12-6-4-7-14(12)21-16/h11H,2-8,10H2,1H3,(H,18,20)/p+1/t11-/m1/s1. The Hall–Kier alpha value is -1.38. The Balaban J connectivity index is 1.67. The van der Waals surface area contributed by atoms with E-state index in [0.29, 0.717) is 18.2 Å². The number of nitriles is 1. The second-order valence-electron chi connectivity index (χ2n) is 6.20. The van der Waals surface area contributed by atoms with E-state index in [1.165, 1.54) is 34.6 Å². The van der Waals surface area contributed by atoms with E-state index in [4.69, 9.17) is 0 Å². The summed E-state index contributed by atoms with van der Waals surface area (Å²) in [6, 6.07) is 2.85. The van der Waals surface area contributed by atoms with Gasteiger partial charge in [0.15, 0.2) is 6.54 Å². The van der Waals surface area contributed by atoms with Crippen LogP contribution < -0.4 is 10.2 Å². The predicted octanol–water partition coefficient (Wildman–Crippen LogP) is 1.50. The highest BCUT2D eigenvalue weighted by Crippen LogP contribution is 2.38. The number of quaternary nitrogens is 1. The van der Waals surface area contributed by atoms with Crippen molar-refractivity contribution in [2.45, 2.75) is 51.5 Å². The number of hydrogen-bond acceptors (Lipinski definition) is 3. The lowest BCUT2D eigenvalue weighted by molar-refractivity contribution is -0.920. The summed E-state index contributed by atoms with van der Waals surface area (Å²) in [6.45, 7) is 3.83. The molecule has 21 heavy (non-hydrogen) atoms. The minimum Gasteiger partial charge on any atom is -0.325 e. The summed E-state index contributed by atoms with van der Waals surface area (Å²) in [5, 5.41) is 13.1. The van der Waals surface area contributed by atoms with Crippen LogP contribution in [-0.2, 0) is 17.6 Å². The third kappa shape index (κ3) is 2.97. The van der Waals surface area contributed by atoms with E-state index in [-0.39, 0.29) is 5.91 Å². The average Bonchev–Trinajstić information content (AvgIpc) is 3.01. The summed E-state index contributed by atoms with van der Waals surface area (Å²) >= 11 is 1.60. The van der Waals surface area contributed by atoms with Crippen LogP contribution in [0.5, 0.6) is 0 Å². The van der Waals surface area contributed by atoms with Crippen LogP contribution in [0.2, 0.25) is 0 Å². The monoisotopic (exact) mass is 304 g/mol. The first-order valence-electron chi connectivity index (χ1n) is 7.88. The van der Waals surface area contributed by atoms with Crippen molar-refractivity contribution in [2.75, 3.05) is 18.4 Å². The van der Waals surface area contributed by atoms with Crippen molar-refractivity contribution in [1.29, 1.82) is 5.26 Å². The Kier molecular flexibility index (Phi) is 4.27. The van der Waals surface area contributed by atoms with Gasteiger partial charge < -0.3 is 10.2 Å². The Morgan fingerprint density at radius 2 is 2.29 bits per heavy atom. The van der Waals surface area contributed by atoms with Crippen LogP contribution in [-0.4, -0.2) is 25.0 Å². The molecular weight excluding hydrogens is 282 g/mol. The minimum atomic E-state index is 0.0511. The second-order valence-corrected chi connectivity index (χ2v) is 7.31. The summed E-state index contributed by atoms with van der Waals surface area (Å²) in [7, 11) is 0. The number of nitrogens with one attached hydrogen (secondary N) is 2. The third-order valence-electron chi connectivity index (χ3n) is 4.76. The second kappa shape index (κ2) is 6.17. The molecule has 112 valence electrons. The minimum absolute atomic E-state index is 0.0511. The van der Waals surface area contributed by atoms with Crippen molar-refractivity contribution >= 4 is 22.2 Å². The molecule has 1 aromatic rings. The van der Waals surface area contributed by atoms with Crippen LogP contribution in [0.25, 0.3) is 0 Å². The molecule has 2 aliphatic rings. The molecule has 2 heterocycles. The summed E-state index contributed by atoms with van der Waals surface area (Å²) in [6.07, 6.45) is 6.88. The highest BCUT2D eigenvalue weighted by Gasteiger charge is 2.26. The molecule has 1 amide bonds. The van der Waals surface area contributed by atoms with Crippen LogP contribution in [0, 0.1) is 11.3 Å². The topological polar surface area (TPSA) is 57.3 Å². The lowest BCUT2D eigenvalue weighted by Gasteiger charge is -2.29. The molecule has 0 radical (unpaired) electrons. The molecule has 1 aromatic heterocycles. The van der Waals surface area contributed by atoms with E-state index in [1.54, 1.807) is 11.3 Å². The van der Waals surface area contributed by atoms with Crippen molar-refractivity contribution in [3.8, 4) is 6.07 Å². The first kappa shape index (κ1) is 14.6. The fraction of sp³-hybridized carbons (Fsp3) is 0.625. The van der Waals surface area contributed by atoms with Gasteiger partial charge in [-0.05, 0) is 51.0 Å². The molecule has 0 saturated carbocycles. The molecule has 0 spiro atoms. The van der Waals surface area contributed by atoms with Crippen molar-refractivity contribution in [3.05, 3.63) is 16.0 Å². The molecule has 3 rings (SSSR count). The van der Waals surface area contributed by atoms with Gasteiger partial charge in [-0.2, -0.15) is 5.26 Å². The molecule has 2 atom stereocenters. The zero-order chi connectivity index (χ0) is 14.8. The number of anilines is 1. The highest BCUT2D eigenvalue weighted by molar-refractivity contribution is 7.16. The lowest BCUT2D eigenvalue weighted by Crippen LogP contribution is -3.17. The molecule has 1 saturated heterocycles. The number of fused-ring (bicyclic) bond motifs is 1. The third-order valence-corrected chi connectivity index (χ3v) is 5.96. The van der Waals surface area contributed by atoms with Gasteiger partial charge in [-0.1, -0.05) is 0 Å². The lowest BCUT2D eigenvalue weighted by atomic mass is 10.0. The number of piperidine rings is 1. The summed E-state index contributed by atoms with van der Waals surface area (Å²) in [4.78, 5) is 15.0. The van der Waals surface area contributed by atoms with Crippen LogP contribution in [0.15, 0.2) is 0 Å². The predicted molar refractivity (Wildman–Crippen MR) is 83.7 cm³/mol. The molecular formula is C16H22N3OS+. The Morgan fingerprint density at radius 3 is 3.05 bits per heavy atom. The van der Waals surface area contributed by atoms with Gasteiger partial charge in [0, 0.05) is 4.88 Å². The first-order valence-corrected chi connectivity index (χ1v) is 8.69. The van der Waals surface area contributed by atoms with E-state index < -0.39 is 0 Å². The average molecular weight is 304 g/mol. The van der Waals surface area contributed by atoms with E-state index in [1.807, 2.05) is 0 Å². The maximum atomic E-state index is 12.3. The number of carbonyl (C=O) groups is 1. The Bertz CT molecular complexity index is 587.